The van der Waals surface area contributed by atoms with Crippen molar-refractivity contribution in [2.75, 3.05) is 13.3 Å². The molecular formula is C16H18BN2O5P. The van der Waals surface area contributed by atoms with Crippen LogP contribution >= 0.6 is 7.14 Å². The molecule has 0 bridgehead atoms. The Morgan fingerprint density at radius 3 is 2.64 bits per heavy atom. The van der Waals surface area contributed by atoms with Gasteiger partial charge in [0.2, 0.25) is 0 Å². The first-order chi connectivity index (χ1) is 11.7. The van der Waals surface area contributed by atoms with Crippen LogP contribution in [0.5, 0.6) is 0 Å². The molecule has 0 aliphatic rings. The van der Waals surface area contributed by atoms with Crippen molar-refractivity contribution in [3.8, 4) is 0 Å². The highest BCUT2D eigenvalue weighted by Crippen LogP contribution is 2.34. The highest BCUT2D eigenvalue weighted by molar-refractivity contribution is 7.70. The zero-order valence-electron chi connectivity index (χ0n) is 13.8. The third kappa shape index (κ3) is 4.63. The number of aldehydes is 1. The Morgan fingerprint density at radius 1 is 1.32 bits per heavy atom. The van der Waals surface area contributed by atoms with Gasteiger partial charge >= 0.3 is 7.12 Å². The molecule has 1 amide bonds. The van der Waals surface area contributed by atoms with E-state index in [0.717, 1.165) is 0 Å². The first-order valence-corrected chi connectivity index (χ1v) is 10.1. The van der Waals surface area contributed by atoms with Gasteiger partial charge in [0.25, 0.3) is 5.91 Å². The maximum absolute atomic E-state index is 12.3. The molecule has 0 atom stereocenters. The molecule has 0 saturated heterocycles. The van der Waals surface area contributed by atoms with E-state index in [1.54, 1.807) is 31.7 Å². The minimum Gasteiger partial charge on any atom is -0.423 e. The summed E-state index contributed by atoms with van der Waals surface area (Å²) in [6.07, 6.45) is 2.00. The van der Waals surface area contributed by atoms with E-state index in [2.05, 4.69) is 10.3 Å². The molecule has 1 heterocycles. The number of nitrogens with zero attached hydrogens (tertiary/aromatic N) is 1. The van der Waals surface area contributed by atoms with E-state index >= 15 is 0 Å². The van der Waals surface area contributed by atoms with E-state index in [0.29, 0.717) is 17.3 Å². The van der Waals surface area contributed by atoms with Crippen LogP contribution in [0.4, 0.5) is 0 Å². The number of carbonyl (C=O) groups is 2. The van der Waals surface area contributed by atoms with Gasteiger partial charge in [0.05, 0.1) is 0 Å². The highest BCUT2D eigenvalue weighted by atomic mass is 31.2. The van der Waals surface area contributed by atoms with Crippen molar-refractivity contribution in [2.24, 2.45) is 0 Å². The summed E-state index contributed by atoms with van der Waals surface area (Å²) in [5.41, 5.74) is 1.37. The van der Waals surface area contributed by atoms with E-state index < -0.39 is 20.2 Å². The Balaban J connectivity index is 2.19. The second kappa shape index (κ2) is 7.74. The summed E-state index contributed by atoms with van der Waals surface area (Å²) in [4.78, 5) is 27.5. The first-order valence-electron chi connectivity index (χ1n) is 7.47. The summed E-state index contributed by atoms with van der Waals surface area (Å²) in [6, 6.07) is 7.43. The quantitative estimate of drug-likeness (QED) is 0.372. The van der Waals surface area contributed by atoms with Gasteiger partial charge in [-0.05, 0) is 37.0 Å². The second-order valence-corrected chi connectivity index (χ2v) is 8.98. The number of pyridine rings is 1. The lowest BCUT2D eigenvalue weighted by molar-refractivity contribution is 0.0951. The smallest absolute Gasteiger partial charge is 0.423 e. The molecule has 0 aliphatic carbocycles. The minimum absolute atomic E-state index is 0.0244. The number of hydrogen-bond acceptors (Lipinski definition) is 6. The van der Waals surface area contributed by atoms with Crippen molar-refractivity contribution in [3.05, 3.63) is 53.2 Å². The van der Waals surface area contributed by atoms with Gasteiger partial charge in [-0.3, -0.25) is 14.6 Å². The van der Waals surface area contributed by atoms with Gasteiger partial charge in [0.15, 0.2) is 0 Å². The molecule has 0 saturated carbocycles. The van der Waals surface area contributed by atoms with Crippen LogP contribution in [0.2, 0.25) is 0 Å². The fourth-order valence-electron chi connectivity index (χ4n) is 2.38. The van der Waals surface area contributed by atoms with Gasteiger partial charge in [0.1, 0.15) is 18.9 Å². The maximum Gasteiger partial charge on any atom is 0.489 e. The molecule has 1 aromatic carbocycles. The van der Waals surface area contributed by atoms with E-state index in [1.807, 2.05) is 0 Å². The van der Waals surface area contributed by atoms with Gasteiger partial charge < -0.3 is 19.9 Å². The lowest BCUT2D eigenvalue weighted by atomic mass is 9.77. The van der Waals surface area contributed by atoms with Crippen molar-refractivity contribution >= 4 is 37.4 Å². The zero-order chi connectivity index (χ0) is 18.6. The number of nitrogens with one attached hydrogen (secondary N) is 1. The Morgan fingerprint density at radius 2 is 2.04 bits per heavy atom. The van der Waals surface area contributed by atoms with Crippen molar-refractivity contribution in [3.63, 3.8) is 0 Å². The molecule has 0 aliphatic heterocycles. The molecule has 1 aromatic heterocycles. The van der Waals surface area contributed by atoms with E-state index in [9.17, 15) is 24.2 Å². The van der Waals surface area contributed by atoms with Crippen LogP contribution in [0.1, 0.15) is 26.3 Å². The topological polar surface area (TPSA) is 117 Å². The van der Waals surface area contributed by atoms with Crippen molar-refractivity contribution in [1.29, 1.82) is 0 Å². The predicted octanol–water partition coefficient (Wildman–Crippen LogP) is -0.248. The molecule has 7 nitrogen and oxygen atoms in total. The molecule has 9 heteroatoms. The molecule has 2 aromatic rings. The molecule has 130 valence electrons. The predicted molar refractivity (Wildman–Crippen MR) is 96.2 cm³/mol. The van der Waals surface area contributed by atoms with Gasteiger partial charge in [0, 0.05) is 29.4 Å². The summed E-state index contributed by atoms with van der Waals surface area (Å²) in [7, 11) is -4.38. The zero-order valence-corrected chi connectivity index (χ0v) is 14.7. The number of carbonyl (C=O) groups excluding carboxylic acids is 2. The summed E-state index contributed by atoms with van der Waals surface area (Å²) in [5, 5.41) is 21.1. The Bertz CT molecular complexity index is 850. The van der Waals surface area contributed by atoms with Crippen molar-refractivity contribution in [1.82, 2.24) is 10.3 Å². The van der Waals surface area contributed by atoms with Crippen LogP contribution in [-0.4, -0.2) is 47.7 Å². The number of benzene rings is 1. The summed E-state index contributed by atoms with van der Waals surface area (Å²) in [5.74, 6) is -0.445. The molecule has 0 spiro atoms. The summed E-state index contributed by atoms with van der Waals surface area (Å²) >= 11 is 0. The number of amides is 1. The van der Waals surface area contributed by atoms with Gasteiger partial charge in [-0.15, -0.1) is 0 Å². The lowest BCUT2D eigenvalue weighted by Crippen LogP contribution is -2.34. The minimum atomic E-state index is -2.58. The van der Waals surface area contributed by atoms with Crippen LogP contribution in [0.15, 0.2) is 36.5 Å². The fraction of sp³-hybridized carbons (Fsp3) is 0.188. The van der Waals surface area contributed by atoms with Gasteiger partial charge in [-0.1, -0.05) is 12.1 Å². The van der Waals surface area contributed by atoms with Gasteiger partial charge in [-0.25, -0.2) is 0 Å². The summed E-state index contributed by atoms with van der Waals surface area (Å²) < 4.78 is 12.3. The van der Waals surface area contributed by atoms with Crippen molar-refractivity contribution in [2.45, 2.75) is 6.54 Å². The van der Waals surface area contributed by atoms with E-state index in [1.165, 1.54) is 18.2 Å². The Kier molecular flexibility index (Phi) is 5.90. The third-order valence-corrected chi connectivity index (χ3v) is 4.99. The molecule has 25 heavy (non-hydrogen) atoms. The summed E-state index contributed by atoms with van der Waals surface area (Å²) in [6.45, 7) is 3.35. The van der Waals surface area contributed by atoms with Crippen LogP contribution < -0.4 is 16.2 Å². The Hall–Kier alpha value is -2.28. The average Bonchev–Trinajstić information content (AvgIpc) is 2.58. The molecule has 0 unspecified atom stereocenters. The average molecular weight is 360 g/mol. The SMILES string of the molecule is CP(C)(=O)c1ncccc1CNC(=O)c1ccc(B(O)O)c(C=O)c1. The number of aromatic nitrogens is 1. The monoisotopic (exact) mass is 360 g/mol. The first kappa shape index (κ1) is 19.1. The van der Waals surface area contributed by atoms with Crippen LogP contribution in [0.3, 0.4) is 0 Å². The van der Waals surface area contributed by atoms with Gasteiger partial charge in [-0.2, -0.15) is 0 Å². The molecule has 0 radical (unpaired) electrons. The lowest BCUT2D eigenvalue weighted by Gasteiger charge is -2.13. The molecule has 0 fully saturated rings. The van der Waals surface area contributed by atoms with Crippen molar-refractivity contribution < 1.29 is 24.2 Å². The number of rotatable bonds is 6. The molecule has 2 rings (SSSR count). The van der Waals surface area contributed by atoms with Crippen LogP contribution in [0.25, 0.3) is 0 Å². The van der Waals surface area contributed by atoms with Crippen LogP contribution in [-0.2, 0) is 11.1 Å². The second-order valence-electron chi connectivity index (χ2n) is 5.85. The normalized spacial score (nSPS) is 11.0. The number of hydrogen-bond donors (Lipinski definition) is 3. The largest absolute Gasteiger partial charge is 0.489 e. The van der Waals surface area contributed by atoms with E-state index in [-0.39, 0.29) is 23.1 Å². The maximum atomic E-state index is 12.3. The van der Waals surface area contributed by atoms with E-state index in [4.69, 9.17) is 0 Å². The fourth-order valence-corrected chi connectivity index (χ4v) is 3.57. The molecule has 3 N–H and O–H groups in total. The third-order valence-electron chi connectivity index (χ3n) is 3.57. The highest BCUT2D eigenvalue weighted by Gasteiger charge is 2.19. The molecular weight excluding hydrogens is 342 g/mol. The standard InChI is InChI=1S/C16H18BN2O5P/c1-25(2,24)16-12(4-3-7-18-16)9-19-15(21)11-5-6-14(17(22)23)13(8-11)10-20/h3-8,10,22-23H,9H2,1-2H3,(H,19,21). The Labute approximate surface area is 145 Å². The van der Waals surface area contributed by atoms with Crippen LogP contribution in [0, 0.1) is 0 Å².